The van der Waals surface area contributed by atoms with E-state index in [2.05, 4.69) is 8.58 Å². The van der Waals surface area contributed by atoms with Crippen LogP contribution in [0, 0.1) is 0 Å². The summed E-state index contributed by atoms with van der Waals surface area (Å²) in [6.07, 6.45) is 0. The summed E-state index contributed by atoms with van der Waals surface area (Å²) in [4.78, 5) is 10.8. The van der Waals surface area contributed by atoms with Crippen molar-refractivity contribution in [3.63, 3.8) is 0 Å². The molecule has 7 heteroatoms. The predicted octanol–water partition coefficient (Wildman–Crippen LogP) is 2.46. The minimum atomic E-state index is -1.27. The fourth-order valence-electron chi connectivity index (χ4n) is 1.02. The number of hydrogen-bond acceptors (Lipinski definition) is 4. The van der Waals surface area contributed by atoms with Crippen LogP contribution in [0.5, 0.6) is 17.2 Å². The molecule has 5 nitrogen and oxygen atoms in total. The molecule has 82 valence electrons. The Labute approximate surface area is 95.4 Å². The van der Waals surface area contributed by atoms with Gasteiger partial charge in [0.1, 0.15) is 35.0 Å². The van der Waals surface area contributed by atoms with Crippen LogP contribution < -0.4 is 13.3 Å². The molecule has 0 heterocycles. The highest BCUT2D eigenvalue weighted by molar-refractivity contribution is 6.11. The number of methoxy groups -OCH3 is 1. The van der Waals surface area contributed by atoms with Crippen molar-refractivity contribution in [2.24, 2.45) is 0 Å². The molecule has 0 amide bonds. The van der Waals surface area contributed by atoms with Gasteiger partial charge in [0.25, 0.3) is 0 Å². The van der Waals surface area contributed by atoms with Gasteiger partial charge in [-0.05, 0) is 0 Å². The lowest BCUT2D eigenvalue weighted by Gasteiger charge is -2.08. The number of carbonyl (C=O) groups is 1. The van der Waals surface area contributed by atoms with Gasteiger partial charge in [-0.25, -0.2) is 4.79 Å². The van der Waals surface area contributed by atoms with E-state index in [1.54, 1.807) is 0 Å². The normalized spacial score (nSPS) is 9.53. The molecule has 0 aromatic heterocycles. The van der Waals surface area contributed by atoms with Gasteiger partial charge in [0.2, 0.25) is 0 Å². The van der Waals surface area contributed by atoms with E-state index in [0.717, 1.165) is 0 Å². The highest BCUT2D eigenvalue weighted by Crippen LogP contribution is 2.35. The van der Waals surface area contributed by atoms with E-state index in [1.165, 1.54) is 19.2 Å². The van der Waals surface area contributed by atoms with Crippen molar-refractivity contribution in [3.8, 4) is 17.2 Å². The van der Waals surface area contributed by atoms with Gasteiger partial charge in [-0.2, -0.15) is 0 Å². The van der Waals surface area contributed by atoms with Crippen LogP contribution in [0.4, 0.5) is 0 Å². The summed E-state index contributed by atoms with van der Waals surface area (Å²) >= 11 is 10.2. The van der Waals surface area contributed by atoms with Crippen LogP contribution in [0.25, 0.3) is 0 Å². The highest BCUT2D eigenvalue weighted by atomic mass is 35.5. The van der Waals surface area contributed by atoms with Crippen LogP contribution in [-0.4, -0.2) is 18.2 Å². The van der Waals surface area contributed by atoms with Gasteiger partial charge in [-0.3, -0.25) is 0 Å². The van der Waals surface area contributed by atoms with E-state index >= 15 is 0 Å². The average molecular weight is 253 g/mol. The minimum absolute atomic E-state index is 0.112. The molecule has 15 heavy (non-hydrogen) atoms. The standard InChI is InChI=1S/C8H6Cl2O5/c1-13-4-2-5(14-9)7(8(11)12)6(3-4)15-10/h2-3H,1H3,(H,11,12). The Kier molecular flexibility index (Phi) is 3.88. The first kappa shape index (κ1) is 11.7. The summed E-state index contributed by atoms with van der Waals surface area (Å²) in [5, 5.41) is 8.85. The van der Waals surface area contributed by atoms with E-state index in [0.29, 0.717) is 5.75 Å². The fraction of sp³-hybridized carbons (Fsp3) is 0.125. The van der Waals surface area contributed by atoms with Crippen molar-refractivity contribution in [1.82, 2.24) is 0 Å². The Morgan fingerprint density at radius 1 is 1.27 bits per heavy atom. The number of carboxylic acids is 1. The lowest BCUT2D eigenvalue weighted by molar-refractivity contribution is 0.0693. The molecule has 0 radical (unpaired) electrons. The maximum absolute atomic E-state index is 10.8. The van der Waals surface area contributed by atoms with Gasteiger partial charge in [-0.15, -0.1) is 0 Å². The molecule has 0 aliphatic rings. The molecule has 0 bridgehead atoms. The predicted molar refractivity (Wildman–Crippen MR) is 52.9 cm³/mol. The molecule has 0 spiro atoms. The smallest absolute Gasteiger partial charge is 0.343 e. The Hall–Kier alpha value is -1.33. The number of carboxylic acid groups (broad SMARTS) is 1. The highest BCUT2D eigenvalue weighted by Gasteiger charge is 2.20. The first-order chi connectivity index (χ1) is 7.13. The zero-order valence-electron chi connectivity index (χ0n) is 7.49. The van der Waals surface area contributed by atoms with Crippen LogP contribution in [0.1, 0.15) is 10.4 Å². The van der Waals surface area contributed by atoms with Crippen LogP contribution in [0.15, 0.2) is 12.1 Å². The molecule has 0 aliphatic heterocycles. The zero-order valence-corrected chi connectivity index (χ0v) is 9.00. The number of hydrogen-bond donors (Lipinski definition) is 1. The van der Waals surface area contributed by atoms with Crippen LogP contribution in [0.3, 0.4) is 0 Å². The molecule has 1 aromatic carbocycles. The van der Waals surface area contributed by atoms with E-state index in [1.807, 2.05) is 0 Å². The zero-order chi connectivity index (χ0) is 11.4. The number of aromatic carboxylic acids is 1. The first-order valence-electron chi connectivity index (χ1n) is 3.66. The lowest BCUT2D eigenvalue weighted by Crippen LogP contribution is -2.01. The largest absolute Gasteiger partial charge is 0.496 e. The van der Waals surface area contributed by atoms with Crippen molar-refractivity contribution >= 4 is 29.7 Å². The lowest BCUT2D eigenvalue weighted by atomic mass is 10.1. The molecule has 1 rings (SSSR count). The average Bonchev–Trinajstić information content (AvgIpc) is 2.26. The van der Waals surface area contributed by atoms with Crippen molar-refractivity contribution < 1.29 is 23.2 Å². The molecule has 0 aliphatic carbocycles. The topological polar surface area (TPSA) is 65.0 Å². The summed E-state index contributed by atoms with van der Waals surface area (Å²) in [7, 11) is 1.39. The third-order valence-electron chi connectivity index (χ3n) is 1.66. The van der Waals surface area contributed by atoms with Crippen molar-refractivity contribution in [1.29, 1.82) is 0 Å². The van der Waals surface area contributed by atoms with Gasteiger partial charge in [0, 0.05) is 12.1 Å². The Morgan fingerprint density at radius 3 is 2.00 bits per heavy atom. The second-order valence-electron chi connectivity index (χ2n) is 2.46. The number of halogens is 2. The third kappa shape index (κ3) is 2.37. The molecular formula is C8H6Cl2O5. The second-order valence-corrected chi connectivity index (χ2v) is 2.77. The molecule has 0 atom stereocenters. The van der Waals surface area contributed by atoms with Crippen LogP contribution >= 0.6 is 23.7 Å². The van der Waals surface area contributed by atoms with Gasteiger partial charge in [-0.1, -0.05) is 0 Å². The van der Waals surface area contributed by atoms with Crippen molar-refractivity contribution in [3.05, 3.63) is 17.7 Å². The van der Waals surface area contributed by atoms with Gasteiger partial charge in [0.15, 0.2) is 11.5 Å². The summed E-state index contributed by atoms with van der Waals surface area (Å²) in [6.45, 7) is 0. The van der Waals surface area contributed by atoms with Crippen molar-refractivity contribution in [2.45, 2.75) is 0 Å². The Morgan fingerprint density at radius 2 is 1.73 bits per heavy atom. The molecule has 0 unspecified atom stereocenters. The van der Waals surface area contributed by atoms with Gasteiger partial charge in [0.05, 0.1) is 7.11 Å². The number of rotatable bonds is 4. The molecule has 0 fully saturated rings. The molecule has 1 N–H and O–H groups in total. The number of benzene rings is 1. The molecule has 0 saturated heterocycles. The SMILES string of the molecule is COc1cc(OCl)c(C(=O)O)c(OCl)c1. The summed E-state index contributed by atoms with van der Waals surface area (Å²) < 4.78 is 13.6. The van der Waals surface area contributed by atoms with E-state index in [9.17, 15) is 4.79 Å². The minimum Gasteiger partial charge on any atom is -0.496 e. The Balaban J connectivity index is 3.39. The molecule has 0 saturated carbocycles. The van der Waals surface area contributed by atoms with E-state index in [4.69, 9.17) is 33.6 Å². The van der Waals surface area contributed by atoms with Gasteiger partial charge < -0.3 is 18.4 Å². The quantitative estimate of drug-likeness (QED) is 0.892. The summed E-state index contributed by atoms with van der Waals surface area (Å²) in [5.41, 5.74) is -0.277. The van der Waals surface area contributed by atoms with Crippen LogP contribution in [-0.2, 0) is 0 Å². The van der Waals surface area contributed by atoms with Crippen molar-refractivity contribution in [2.75, 3.05) is 7.11 Å². The monoisotopic (exact) mass is 252 g/mol. The maximum Gasteiger partial charge on any atom is 0.343 e. The molecule has 1 aromatic rings. The van der Waals surface area contributed by atoms with Gasteiger partial charge >= 0.3 is 5.97 Å². The summed E-state index contributed by atoms with van der Waals surface area (Å²) in [5.74, 6) is -1.19. The first-order valence-corrected chi connectivity index (χ1v) is 4.28. The Bertz CT molecular complexity index is 354. The molecular weight excluding hydrogens is 247 g/mol. The maximum atomic E-state index is 10.8. The third-order valence-corrected chi connectivity index (χ3v) is 1.99. The summed E-state index contributed by atoms with van der Waals surface area (Å²) in [6, 6.07) is 2.60. The number of ether oxygens (including phenoxy) is 1. The van der Waals surface area contributed by atoms with E-state index in [-0.39, 0.29) is 17.1 Å². The fourth-order valence-corrected chi connectivity index (χ4v) is 1.26. The second kappa shape index (κ2) is 4.95. The van der Waals surface area contributed by atoms with Crippen LogP contribution in [0.2, 0.25) is 0 Å². The van der Waals surface area contributed by atoms with E-state index < -0.39 is 5.97 Å².